The first-order chi connectivity index (χ1) is 31.2. The van der Waals surface area contributed by atoms with Crippen LogP contribution in [0.4, 0.5) is 8.68 Å². The van der Waals surface area contributed by atoms with E-state index in [0.717, 1.165) is 15.2 Å². The van der Waals surface area contributed by atoms with Crippen molar-refractivity contribution in [2.24, 2.45) is 11.8 Å². The number of fused-ring (bicyclic) bond motifs is 2. The van der Waals surface area contributed by atoms with Gasteiger partial charge < -0.3 is 38.6 Å². The van der Waals surface area contributed by atoms with Gasteiger partial charge in [0.1, 0.15) is 34.6 Å². The smallest absolute Gasteiger partial charge is 0.410 e. The molecule has 12 atom stereocenters. The molecule has 0 bridgehead atoms. The van der Waals surface area contributed by atoms with E-state index >= 15 is 0 Å². The number of cyclic esters (lactones) is 1. The van der Waals surface area contributed by atoms with Crippen LogP contribution in [0.3, 0.4) is 0 Å². The van der Waals surface area contributed by atoms with Gasteiger partial charge in [0, 0.05) is 64.5 Å². The highest BCUT2D eigenvalue weighted by Gasteiger charge is 2.59. The van der Waals surface area contributed by atoms with Gasteiger partial charge in [-0.1, -0.05) is 31.2 Å². The Morgan fingerprint density at radius 1 is 1.11 bits per heavy atom. The number of Topliss-reactive ketones (excluding diaryl/α,β-unsaturated/α-hetero) is 1. The van der Waals surface area contributed by atoms with Crippen molar-refractivity contribution >= 4 is 57.5 Å². The molecule has 20 heteroatoms. The molecule has 3 aromatic rings. The van der Waals surface area contributed by atoms with Crippen LogP contribution < -0.4 is 0 Å². The normalized spacial score (nSPS) is 32.6. The van der Waals surface area contributed by atoms with Gasteiger partial charge in [-0.2, -0.15) is 3.89 Å². The van der Waals surface area contributed by atoms with Crippen LogP contribution in [0.15, 0.2) is 30.5 Å². The quantitative estimate of drug-likeness (QED) is 0.124. The second-order valence-corrected chi connectivity index (χ2v) is 19.9. The number of aryl methyl sites for hydroxylation is 1. The number of thiazole rings is 1. The Labute approximate surface area is 396 Å². The highest BCUT2D eigenvalue weighted by molar-refractivity contribution is 7.93. The molecule has 0 radical (unpaired) electrons. The van der Waals surface area contributed by atoms with E-state index < -0.39 is 71.7 Å². The molecule has 1 aromatic carbocycles. The summed E-state index contributed by atoms with van der Waals surface area (Å²) < 4.78 is 44.4. The molecule has 1 N–H and O–H groups in total. The fraction of sp³-hybridized carbons (Fsp3) is 0.717. The summed E-state index contributed by atoms with van der Waals surface area (Å²) in [5.74, 6) is -2.86. The number of aliphatic hydroxyl groups is 1. The van der Waals surface area contributed by atoms with Crippen LogP contribution in [0.25, 0.3) is 20.9 Å². The molecular weight excluding hydrogens is 894 g/mol. The molecule has 3 fully saturated rings. The Kier molecular flexibility index (Phi) is 18.5. The van der Waals surface area contributed by atoms with Crippen molar-refractivity contribution < 1.29 is 51.9 Å². The molecule has 0 aliphatic carbocycles. The van der Waals surface area contributed by atoms with Gasteiger partial charge in [-0.3, -0.25) is 24.0 Å². The van der Waals surface area contributed by atoms with E-state index in [-0.39, 0.29) is 55.5 Å². The number of likely N-dealkylation sites (N-methyl/N-ethyl adjacent to an activating group) is 1. The van der Waals surface area contributed by atoms with Gasteiger partial charge in [0.05, 0.1) is 46.3 Å². The molecule has 3 aliphatic heterocycles. The Balaban J connectivity index is 0.00000265. The third-order valence-electron chi connectivity index (χ3n) is 13.4. The Morgan fingerprint density at radius 2 is 1.79 bits per heavy atom. The molecule has 3 saturated heterocycles. The number of ether oxygens (including phenoxy) is 5. The molecule has 17 nitrogen and oxygen atoms in total. The van der Waals surface area contributed by atoms with Gasteiger partial charge in [-0.15, -0.1) is 16.4 Å². The third-order valence-corrected chi connectivity index (χ3v) is 14.4. The minimum atomic E-state index is -1.39. The van der Waals surface area contributed by atoms with E-state index in [9.17, 15) is 28.2 Å². The monoisotopic (exact) mass is 963 g/mol. The maximum absolute atomic E-state index is 14.2. The van der Waals surface area contributed by atoms with E-state index in [0.29, 0.717) is 44.5 Å². The number of carbonyl (C=O) groups excluding carboxylic acids is 4. The van der Waals surface area contributed by atoms with Crippen molar-refractivity contribution in [2.45, 2.75) is 160 Å². The summed E-state index contributed by atoms with van der Waals surface area (Å²) in [6, 6.07) is 6.34. The van der Waals surface area contributed by atoms with Gasteiger partial charge >= 0.3 is 12.1 Å². The van der Waals surface area contributed by atoms with Crippen LogP contribution in [0.1, 0.15) is 93.9 Å². The predicted octanol–water partition coefficient (Wildman–Crippen LogP) is 6.56. The number of amides is 2. The van der Waals surface area contributed by atoms with E-state index in [4.69, 9.17) is 28.7 Å². The number of benzene rings is 1. The number of methoxy groups -OCH3 is 1. The SMILES string of the molecule is CC[C@H]1OC(=O)[C@H](C)C(=O)C[C@@H](O[C@@H]2OC(C)CC(N(C)C)C2O)[C@](C)(OC)C[C@@H](C)CN(C(C)=O)[C@H](C)[C@H]2N(CCCCn3cc(-c4nc5ccccc5s4)nn3)C(=O)O[C@]12C.CSF. The van der Waals surface area contributed by atoms with Gasteiger partial charge in [0.15, 0.2) is 11.9 Å². The fourth-order valence-corrected chi connectivity index (χ4v) is 10.7. The molecule has 3 aliphatic rings. The van der Waals surface area contributed by atoms with Crippen LogP contribution in [0, 0.1) is 11.8 Å². The number of hydrogen-bond acceptors (Lipinski definition) is 16. The summed E-state index contributed by atoms with van der Waals surface area (Å²) in [5, 5.41) is 20.9. The van der Waals surface area contributed by atoms with Crippen LogP contribution in [-0.4, -0.2) is 164 Å². The van der Waals surface area contributed by atoms with Crippen molar-refractivity contribution in [3.8, 4) is 10.7 Å². The third kappa shape index (κ3) is 12.1. The van der Waals surface area contributed by atoms with Gasteiger partial charge in [0.2, 0.25) is 5.91 Å². The number of ketones is 1. The lowest BCUT2D eigenvalue weighted by Gasteiger charge is -2.46. The number of para-hydroxylation sites is 1. The zero-order chi connectivity index (χ0) is 48.7. The second-order valence-electron chi connectivity index (χ2n) is 18.6. The molecular formula is C46H70FN7O10S2. The standard InChI is InChI=1S/C45H67N7O10S.CH3FS/c1-12-36-45(8)39(51(43(57)62-45)20-16-15-19-50-25-32(47-48-50)40-46-31-17-13-14-18-35(31)63-40)29(5)52(30(6)53)24-26(2)23-44(7,58-11)37(22-34(54)28(4)41(56)60-36)61-42-38(55)33(49(9)10)21-27(3)59-42;1-3-2/h13-14,17-18,25-29,33,36-39,42,55H,12,15-16,19-24H2,1-11H3;1H3/t26-,27?,28-,29-,33?,36-,37-,38?,39-,42+,44-,45-;/m1./s1. The predicted molar refractivity (Wildman–Crippen MR) is 250 cm³/mol. The van der Waals surface area contributed by atoms with Gasteiger partial charge in [-0.25, -0.2) is 9.78 Å². The van der Waals surface area contributed by atoms with Crippen molar-refractivity contribution in [3.63, 3.8) is 0 Å². The number of nitrogens with zero attached hydrogens (tertiary/aromatic N) is 7. The summed E-state index contributed by atoms with van der Waals surface area (Å²) in [7, 11) is 5.30. The van der Waals surface area contributed by atoms with E-state index in [1.54, 1.807) is 32.7 Å². The number of carbonyl (C=O) groups is 4. The minimum Gasteiger partial charge on any atom is -0.458 e. The average molecular weight is 964 g/mol. The summed E-state index contributed by atoms with van der Waals surface area (Å²) >= 11 is 1.81. The first-order valence-electron chi connectivity index (χ1n) is 22.8. The van der Waals surface area contributed by atoms with E-state index in [1.807, 2.05) is 84.1 Å². The molecule has 66 heavy (non-hydrogen) atoms. The Hall–Kier alpha value is -3.79. The number of aromatic nitrogens is 4. The molecule has 5 heterocycles. The Morgan fingerprint density at radius 3 is 2.42 bits per heavy atom. The van der Waals surface area contributed by atoms with Crippen LogP contribution in [0.2, 0.25) is 0 Å². The minimum absolute atomic E-state index is 0.210. The lowest BCUT2D eigenvalue weighted by atomic mass is 9.82. The number of rotatable bonds is 11. The summed E-state index contributed by atoms with van der Waals surface area (Å²) in [6.07, 6.45) is 0.565. The van der Waals surface area contributed by atoms with Gasteiger partial charge in [0.25, 0.3) is 0 Å². The molecule has 0 saturated carbocycles. The fourth-order valence-electron chi connectivity index (χ4n) is 9.75. The van der Waals surface area contributed by atoms with E-state index in [2.05, 4.69) is 10.3 Å². The van der Waals surface area contributed by atoms with Gasteiger partial charge in [-0.05, 0) is 98.9 Å². The first kappa shape index (κ1) is 53.2. The number of aliphatic hydroxyl groups excluding tert-OH is 1. The molecule has 2 aromatic heterocycles. The molecule has 6 rings (SSSR count). The van der Waals surface area contributed by atoms with Crippen LogP contribution >= 0.6 is 23.5 Å². The molecule has 3 unspecified atom stereocenters. The highest BCUT2D eigenvalue weighted by Crippen LogP contribution is 2.41. The maximum atomic E-state index is 14.2. The van der Waals surface area contributed by atoms with Crippen molar-refractivity contribution in [1.29, 1.82) is 0 Å². The topological polar surface area (TPSA) is 188 Å². The average Bonchev–Trinajstić information content (AvgIpc) is 3.99. The molecule has 2 amide bonds. The lowest BCUT2D eigenvalue weighted by molar-refractivity contribution is -0.289. The summed E-state index contributed by atoms with van der Waals surface area (Å²) in [5.41, 5.74) is -0.931. The van der Waals surface area contributed by atoms with Crippen molar-refractivity contribution in [3.05, 3.63) is 30.5 Å². The summed E-state index contributed by atoms with van der Waals surface area (Å²) in [4.78, 5) is 66.0. The molecule has 0 spiro atoms. The zero-order valence-corrected chi connectivity index (χ0v) is 42.1. The maximum Gasteiger partial charge on any atom is 0.410 e. The largest absolute Gasteiger partial charge is 0.458 e. The Bertz CT molecular complexity index is 2080. The lowest BCUT2D eigenvalue weighted by Crippen LogP contribution is -2.62. The highest BCUT2D eigenvalue weighted by atomic mass is 32.2. The molecule has 368 valence electrons. The van der Waals surface area contributed by atoms with Crippen molar-refractivity contribution in [1.82, 2.24) is 34.7 Å². The number of unbranched alkanes of at least 4 members (excludes halogenated alkanes) is 1. The first-order valence-corrected chi connectivity index (χ1v) is 24.8. The zero-order valence-electron chi connectivity index (χ0n) is 40.5. The van der Waals surface area contributed by atoms with Crippen LogP contribution in [0.5, 0.6) is 0 Å². The number of hydrogen-bond donors (Lipinski definition) is 1. The van der Waals surface area contributed by atoms with E-state index in [1.165, 1.54) is 27.2 Å². The number of esters is 1. The van der Waals surface area contributed by atoms with Crippen molar-refractivity contribution in [2.75, 3.05) is 40.6 Å². The number of halogens is 1. The summed E-state index contributed by atoms with van der Waals surface area (Å²) in [6.45, 7) is 15.3. The van der Waals surface area contributed by atoms with Crippen LogP contribution in [-0.2, 0) is 44.6 Å². The second kappa shape index (κ2) is 23.0.